The predicted molar refractivity (Wildman–Crippen MR) is 116 cm³/mol. The van der Waals surface area contributed by atoms with Gasteiger partial charge < -0.3 is 14.6 Å². The number of rotatable bonds is 6. The van der Waals surface area contributed by atoms with Crippen molar-refractivity contribution >= 4 is 11.6 Å². The van der Waals surface area contributed by atoms with E-state index in [0.717, 1.165) is 28.4 Å². The van der Waals surface area contributed by atoms with Gasteiger partial charge in [0.2, 0.25) is 0 Å². The zero-order valence-corrected chi connectivity index (χ0v) is 17.8. The van der Waals surface area contributed by atoms with Crippen LogP contribution in [0.5, 0.6) is 5.75 Å². The first-order chi connectivity index (χ1) is 14.9. The molecule has 4 aromatic rings. The van der Waals surface area contributed by atoms with E-state index in [1.54, 1.807) is 41.2 Å². The number of hydrogen-bond donors (Lipinski definition) is 1. The lowest BCUT2D eigenvalue weighted by molar-refractivity contribution is 0.102. The highest BCUT2D eigenvalue weighted by Crippen LogP contribution is 2.20. The Bertz CT molecular complexity index is 1210. The number of benzene rings is 1. The molecule has 3 aromatic heterocycles. The van der Waals surface area contributed by atoms with Crippen LogP contribution in [0.25, 0.3) is 5.82 Å². The molecule has 1 N–H and O–H groups in total. The summed E-state index contributed by atoms with van der Waals surface area (Å²) in [4.78, 5) is 17.1. The first-order valence-electron chi connectivity index (χ1n) is 9.86. The third-order valence-electron chi connectivity index (χ3n) is 4.89. The van der Waals surface area contributed by atoms with Crippen LogP contribution in [0, 0.1) is 27.7 Å². The van der Waals surface area contributed by atoms with E-state index in [2.05, 4.69) is 20.6 Å². The molecule has 3 heterocycles. The van der Waals surface area contributed by atoms with Crippen LogP contribution < -0.4 is 10.1 Å². The summed E-state index contributed by atoms with van der Waals surface area (Å²) in [5.74, 6) is 1.76. The Kier molecular flexibility index (Phi) is 5.53. The normalized spacial score (nSPS) is 10.8. The average Bonchev–Trinajstić information content (AvgIpc) is 3.27. The van der Waals surface area contributed by atoms with Crippen LogP contribution in [0.3, 0.4) is 0 Å². The van der Waals surface area contributed by atoms with Crippen LogP contribution in [-0.2, 0) is 6.61 Å². The first-order valence-corrected chi connectivity index (χ1v) is 9.86. The number of nitrogens with zero attached hydrogens (tertiary/aromatic N) is 4. The fraction of sp³-hybridized carbons (Fsp3) is 0.217. The third-order valence-corrected chi connectivity index (χ3v) is 4.89. The van der Waals surface area contributed by atoms with E-state index in [1.165, 1.54) is 0 Å². The van der Waals surface area contributed by atoms with E-state index in [4.69, 9.17) is 9.26 Å². The second kappa shape index (κ2) is 8.43. The lowest BCUT2D eigenvalue weighted by atomic mass is 10.2. The van der Waals surface area contributed by atoms with Gasteiger partial charge in [-0.25, -0.2) is 9.67 Å². The zero-order chi connectivity index (χ0) is 22.0. The summed E-state index contributed by atoms with van der Waals surface area (Å²) in [7, 11) is 0. The molecule has 0 fully saturated rings. The SMILES string of the molecule is Cc1cc(C)n(-c2ccc(NC(=O)c3cccc(OCc4c(C)noc4C)c3)cn2)n1. The van der Waals surface area contributed by atoms with E-state index in [9.17, 15) is 4.79 Å². The van der Waals surface area contributed by atoms with Crippen LogP contribution in [-0.4, -0.2) is 25.8 Å². The molecule has 1 aromatic carbocycles. The second-order valence-electron chi connectivity index (χ2n) is 7.32. The molecule has 0 unspecified atom stereocenters. The summed E-state index contributed by atoms with van der Waals surface area (Å²) in [6.07, 6.45) is 1.61. The topological polar surface area (TPSA) is 95.1 Å². The van der Waals surface area contributed by atoms with Gasteiger partial charge in [-0.05, 0) is 64.1 Å². The first kappa shape index (κ1) is 20.3. The Hall–Kier alpha value is -3.94. The molecular weight excluding hydrogens is 394 g/mol. The number of aryl methyl sites for hydroxylation is 4. The van der Waals surface area contributed by atoms with Crippen molar-refractivity contribution in [3.63, 3.8) is 0 Å². The molecule has 0 radical (unpaired) electrons. The summed E-state index contributed by atoms with van der Waals surface area (Å²) in [5.41, 5.74) is 4.70. The van der Waals surface area contributed by atoms with Crippen LogP contribution in [0.4, 0.5) is 5.69 Å². The van der Waals surface area contributed by atoms with Crippen molar-refractivity contribution in [3.05, 3.63) is 82.6 Å². The van der Waals surface area contributed by atoms with Crippen molar-refractivity contribution in [2.24, 2.45) is 0 Å². The number of nitrogens with one attached hydrogen (secondary N) is 1. The number of hydrogen-bond acceptors (Lipinski definition) is 6. The number of pyridine rings is 1. The van der Waals surface area contributed by atoms with Crippen LogP contribution in [0.1, 0.15) is 38.8 Å². The largest absolute Gasteiger partial charge is 0.489 e. The molecule has 8 heteroatoms. The number of carbonyl (C=O) groups excluding carboxylic acids is 1. The minimum absolute atomic E-state index is 0.247. The van der Waals surface area contributed by atoms with Crippen molar-refractivity contribution in [1.82, 2.24) is 19.9 Å². The standard InChI is InChI=1S/C23H23N5O3/c1-14-10-15(2)28(26-14)22-9-8-19(12-24-22)25-23(29)18-6-5-7-20(11-18)30-13-21-16(3)27-31-17(21)4/h5-12H,13H2,1-4H3,(H,25,29). The Morgan fingerprint density at radius 1 is 1.13 bits per heavy atom. The summed E-state index contributed by atoms with van der Waals surface area (Å²) in [5, 5.41) is 11.2. The van der Waals surface area contributed by atoms with Gasteiger partial charge >= 0.3 is 0 Å². The number of anilines is 1. The maximum absolute atomic E-state index is 12.7. The maximum atomic E-state index is 12.7. The highest BCUT2D eigenvalue weighted by Gasteiger charge is 2.12. The van der Waals surface area contributed by atoms with Gasteiger partial charge in [0.05, 0.1) is 28.8 Å². The summed E-state index contributed by atoms with van der Waals surface area (Å²) >= 11 is 0. The van der Waals surface area contributed by atoms with Crippen LogP contribution >= 0.6 is 0 Å². The molecule has 1 amide bonds. The molecule has 0 aliphatic carbocycles. The second-order valence-corrected chi connectivity index (χ2v) is 7.32. The van der Waals surface area contributed by atoms with Crippen molar-refractivity contribution in [3.8, 4) is 11.6 Å². The smallest absolute Gasteiger partial charge is 0.255 e. The van der Waals surface area contributed by atoms with Gasteiger partial charge in [-0.15, -0.1) is 0 Å². The molecule has 158 valence electrons. The average molecular weight is 417 g/mol. The molecule has 8 nitrogen and oxygen atoms in total. The van der Waals surface area contributed by atoms with Gasteiger partial charge in [-0.2, -0.15) is 5.10 Å². The monoisotopic (exact) mass is 417 g/mol. The van der Waals surface area contributed by atoms with Crippen molar-refractivity contribution in [2.45, 2.75) is 34.3 Å². The van der Waals surface area contributed by atoms with E-state index in [1.807, 2.05) is 39.8 Å². The molecule has 0 aliphatic heterocycles. The van der Waals surface area contributed by atoms with Crippen molar-refractivity contribution in [1.29, 1.82) is 0 Å². The zero-order valence-electron chi connectivity index (χ0n) is 17.8. The fourth-order valence-electron chi connectivity index (χ4n) is 3.24. The van der Waals surface area contributed by atoms with Gasteiger partial charge in [-0.1, -0.05) is 11.2 Å². The molecule has 0 spiro atoms. The molecule has 0 saturated heterocycles. The van der Waals surface area contributed by atoms with E-state index < -0.39 is 0 Å². The van der Waals surface area contributed by atoms with Gasteiger partial charge in [0.25, 0.3) is 5.91 Å². The highest BCUT2D eigenvalue weighted by atomic mass is 16.5. The molecule has 0 bridgehead atoms. The quantitative estimate of drug-likeness (QED) is 0.502. The van der Waals surface area contributed by atoms with Gasteiger partial charge in [0.15, 0.2) is 5.82 Å². The van der Waals surface area contributed by atoms with E-state index in [0.29, 0.717) is 29.4 Å². The van der Waals surface area contributed by atoms with E-state index >= 15 is 0 Å². The molecule has 31 heavy (non-hydrogen) atoms. The van der Waals surface area contributed by atoms with Crippen LogP contribution in [0.15, 0.2) is 53.2 Å². The number of aromatic nitrogens is 4. The van der Waals surface area contributed by atoms with Gasteiger partial charge in [0.1, 0.15) is 18.1 Å². The number of carbonyl (C=O) groups is 1. The molecule has 0 saturated carbocycles. The number of ether oxygens (including phenoxy) is 1. The third kappa shape index (κ3) is 4.48. The Labute approximate surface area is 179 Å². The lowest BCUT2D eigenvalue weighted by Gasteiger charge is -2.09. The predicted octanol–water partition coefficient (Wildman–Crippen LogP) is 4.32. The van der Waals surface area contributed by atoms with Crippen LogP contribution in [0.2, 0.25) is 0 Å². The molecule has 0 aliphatic rings. The Morgan fingerprint density at radius 3 is 2.61 bits per heavy atom. The van der Waals surface area contributed by atoms with Gasteiger partial charge in [-0.3, -0.25) is 4.79 Å². The maximum Gasteiger partial charge on any atom is 0.255 e. The Balaban J connectivity index is 1.43. The van der Waals surface area contributed by atoms with Crippen molar-refractivity contribution < 1.29 is 14.1 Å². The minimum Gasteiger partial charge on any atom is -0.489 e. The highest BCUT2D eigenvalue weighted by molar-refractivity contribution is 6.04. The Morgan fingerprint density at radius 2 is 1.97 bits per heavy atom. The lowest BCUT2D eigenvalue weighted by Crippen LogP contribution is -2.12. The molecular formula is C23H23N5O3. The van der Waals surface area contributed by atoms with E-state index in [-0.39, 0.29) is 5.91 Å². The fourth-order valence-corrected chi connectivity index (χ4v) is 3.24. The summed E-state index contributed by atoms with van der Waals surface area (Å²) in [6, 6.07) is 12.6. The molecule has 0 atom stereocenters. The summed E-state index contributed by atoms with van der Waals surface area (Å²) in [6.45, 7) is 7.94. The van der Waals surface area contributed by atoms with Gasteiger partial charge in [0, 0.05) is 11.3 Å². The molecule has 4 rings (SSSR count). The number of amides is 1. The summed E-state index contributed by atoms with van der Waals surface area (Å²) < 4.78 is 12.7. The van der Waals surface area contributed by atoms with Crippen molar-refractivity contribution in [2.75, 3.05) is 5.32 Å². The minimum atomic E-state index is -0.247.